The highest BCUT2D eigenvalue weighted by Crippen LogP contribution is 2.26. The molecule has 8 atom stereocenters. The lowest BCUT2D eigenvalue weighted by atomic mass is 9.99. The Balaban J connectivity index is 2.55. The van der Waals surface area contributed by atoms with Gasteiger partial charge in [-0.1, -0.05) is 320 Å². The minimum atomic E-state index is -1.62. The third-order valence-electron chi connectivity index (χ3n) is 17.0. The number of aliphatic hydroxyl groups is 5. The molecule has 84 heavy (non-hydrogen) atoms. The molecule has 1 saturated heterocycles. The van der Waals surface area contributed by atoms with E-state index in [2.05, 4.69) is 62.5 Å². The average molecular weight is 1190 g/mol. The number of carbonyl (C=O) groups excluding carboxylic acids is 2. The summed E-state index contributed by atoms with van der Waals surface area (Å²) in [5, 5.41) is 57.2. The van der Waals surface area contributed by atoms with Crippen molar-refractivity contribution in [3.05, 3.63) is 48.6 Å². The molecule has 1 fully saturated rings. The summed E-state index contributed by atoms with van der Waals surface area (Å²) in [6.45, 7) is 5.79. The number of esters is 1. The normalized spacial score (nSPS) is 18.7. The molecule has 6 N–H and O–H groups in total. The first-order chi connectivity index (χ1) is 41.2. The Morgan fingerprint density at radius 2 is 0.821 bits per heavy atom. The number of unbranched alkanes of at least 4 members (excludes halogenated alkanes) is 42. The lowest BCUT2D eigenvalue weighted by Crippen LogP contribution is -2.61. The molecule has 0 aromatic carbocycles. The van der Waals surface area contributed by atoms with Crippen molar-refractivity contribution < 1.29 is 49.3 Å². The van der Waals surface area contributed by atoms with Crippen LogP contribution >= 0.6 is 0 Å². The van der Waals surface area contributed by atoms with Gasteiger partial charge in [0.1, 0.15) is 24.4 Å². The Kier molecular flexibility index (Phi) is 57.7. The van der Waals surface area contributed by atoms with Crippen LogP contribution in [0.25, 0.3) is 0 Å². The molecule has 8 unspecified atom stereocenters. The topological polar surface area (TPSA) is 175 Å². The molecule has 0 aromatic heterocycles. The molecule has 1 aliphatic heterocycles. The van der Waals surface area contributed by atoms with Crippen molar-refractivity contribution >= 4 is 11.9 Å². The highest BCUT2D eigenvalue weighted by atomic mass is 16.7. The smallest absolute Gasteiger partial charge is 0.306 e. The fourth-order valence-corrected chi connectivity index (χ4v) is 11.3. The fourth-order valence-electron chi connectivity index (χ4n) is 11.3. The van der Waals surface area contributed by atoms with Gasteiger partial charge in [-0.15, -0.1) is 0 Å². The van der Waals surface area contributed by atoms with Gasteiger partial charge in [-0.05, 0) is 64.2 Å². The molecule has 11 heteroatoms. The molecule has 1 heterocycles. The molecule has 0 radical (unpaired) electrons. The molecule has 0 spiro atoms. The lowest BCUT2D eigenvalue weighted by molar-refractivity contribution is -0.305. The predicted molar refractivity (Wildman–Crippen MR) is 352 cm³/mol. The Hall–Kier alpha value is -2.38. The molecular weight excluding hydrogens is 1050 g/mol. The summed E-state index contributed by atoms with van der Waals surface area (Å²) in [4.78, 5) is 26.6. The van der Waals surface area contributed by atoms with Crippen molar-refractivity contribution in [2.75, 3.05) is 13.2 Å². The summed E-state index contributed by atoms with van der Waals surface area (Å²) in [6.07, 6.45) is 65.9. The number of rotatable bonds is 62. The summed E-state index contributed by atoms with van der Waals surface area (Å²) in [5.41, 5.74) is 0. The second-order valence-corrected chi connectivity index (χ2v) is 25.0. The van der Waals surface area contributed by atoms with E-state index in [1.165, 1.54) is 212 Å². The zero-order chi connectivity index (χ0) is 61.0. The van der Waals surface area contributed by atoms with Crippen molar-refractivity contribution in [2.45, 2.75) is 391 Å². The zero-order valence-electron chi connectivity index (χ0n) is 54.8. The van der Waals surface area contributed by atoms with Gasteiger partial charge in [0.25, 0.3) is 0 Å². The number of nitrogens with one attached hydrogen (secondary N) is 1. The SMILES string of the molecule is CCCCC/C=C\C/C=C\C/C=C\CCCCCCC(=O)OC1C(OCC(NC(=O)C(O)CCCCCCCCCCCCCCCCCCCCCCCCCCCC)C(O)/C=C/CCCCCCCCCCCC)OC(CO)C(O)C1O. The van der Waals surface area contributed by atoms with E-state index < -0.39 is 67.4 Å². The van der Waals surface area contributed by atoms with Crippen LogP contribution in [0.5, 0.6) is 0 Å². The number of ether oxygens (including phenoxy) is 3. The Labute approximate surface area is 516 Å². The zero-order valence-corrected chi connectivity index (χ0v) is 54.8. The Morgan fingerprint density at radius 3 is 1.25 bits per heavy atom. The molecule has 11 nitrogen and oxygen atoms in total. The van der Waals surface area contributed by atoms with Crippen molar-refractivity contribution in [3.8, 4) is 0 Å². The number of hydrogen-bond donors (Lipinski definition) is 6. The van der Waals surface area contributed by atoms with Gasteiger partial charge in [0, 0.05) is 6.42 Å². The monoisotopic (exact) mass is 1190 g/mol. The van der Waals surface area contributed by atoms with Crippen LogP contribution in [0.15, 0.2) is 48.6 Å². The first kappa shape index (κ1) is 79.6. The minimum absolute atomic E-state index is 0.0992. The molecule has 0 saturated carbocycles. The van der Waals surface area contributed by atoms with E-state index in [9.17, 15) is 35.1 Å². The van der Waals surface area contributed by atoms with E-state index in [1.807, 2.05) is 6.08 Å². The molecule has 1 rings (SSSR count). The highest BCUT2D eigenvalue weighted by Gasteiger charge is 2.47. The van der Waals surface area contributed by atoms with Crippen molar-refractivity contribution in [2.24, 2.45) is 0 Å². The first-order valence-electron chi connectivity index (χ1n) is 35.9. The van der Waals surface area contributed by atoms with E-state index in [1.54, 1.807) is 6.08 Å². The summed E-state index contributed by atoms with van der Waals surface area (Å²) in [5.74, 6) is -1.20. The first-order valence-corrected chi connectivity index (χ1v) is 35.9. The molecular formula is C73H135NO10. The quantitative estimate of drug-likeness (QED) is 0.0195. The maximum atomic E-state index is 13.5. The van der Waals surface area contributed by atoms with Crippen molar-refractivity contribution in [1.29, 1.82) is 0 Å². The van der Waals surface area contributed by atoms with Gasteiger partial charge in [-0.2, -0.15) is 0 Å². The van der Waals surface area contributed by atoms with Crippen LogP contribution in [0.2, 0.25) is 0 Å². The average Bonchev–Trinajstić information content (AvgIpc) is 3.69. The van der Waals surface area contributed by atoms with Crippen molar-refractivity contribution in [1.82, 2.24) is 5.32 Å². The van der Waals surface area contributed by atoms with E-state index in [0.29, 0.717) is 19.3 Å². The number of allylic oxidation sites excluding steroid dienone is 7. The summed E-state index contributed by atoms with van der Waals surface area (Å²) in [7, 11) is 0. The van der Waals surface area contributed by atoms with Crippen LogP contribution in [0.3, 0.4) is 0 Å². The highest BCUT2D eigenvalue weighted by molar-refractivity contribution is 5.80. The molecule has 1 amide bonds. The third-order valence-corrected chi connectivity index (χ3v) is 17.0. The van der Waals surface area contributed by atoms with Crippen LogP contribution < -0.4 is 5.32 Å². The van der Waals surface area contributed by atoms with Gasteiger partial charge in [0.2, 0.25) is 5.91 Å². The van der Waals surface area contributed by atoms with Crippen LogP contribution in [0.1, 0.15) is 342 Å². The summed E-state index contributed by atoms with van der Waals surface area (Å²) < 4.78 is 17.7. The number of aliphatic hydroxyl groups excluding tert-OH is 5. The summed E-state index contributed by atoms with van der Waals surface area (Å²) in [6, 6.07) is -1.03. The number of carbonyl (C=O) groups is 2. The van der Waals surface area contributed by atoms with Crippen LogP contribution in [0.4, 0.5) is 0 Å². The van der Waals surface area contributed by atoms with E-state index in [0.717, 1.165) is 83.5 Å². The van der Waals surface area contributed by atoms with E-state index >= 15 is 0 Å². The lowest BCUT2D eigenvalue weighted by Gasteiger charge is -2.41. The molecule has 0 aliphatic carbocycles. The Bertz CT molecular complexity index is 1550. The molecule has 492 valence electrons. The number of hydrogen-bond acceptors (Lipinski definition) is 10. The molecule has 1 aliphatic rings. The van der Waals surface area contributed by atoms with Gasteiger partial charge in [0.05, 0.1) is 25.4 Å². The molecule has 0 aromatic rings. The van der Waals surface area contributed by atoms with Gasteiger partial charge < -0.3 is 45.1 Å². The Morgan fingerprint density at radius 1 is 0.464 bits per heavy atom. The summed E-state index contributed by atoms with van der Waals surface area (Å²) >= 11 is 0. The van der Waals surface area contributed by atoms with Gasteiger partial charge in [0.15, 0.2) is 12.4 Å². The van der Waals surface area contributed by atoms with Gasteiger partial charge >= 0.3 is 5.97 Å². The van der Waals surface area contributed by atoms with Gasteiger partial charge in [-0.25, -0.2) is 0 Å². The van der Waals surface area contributed by atoms with Crippen molar-refractivity contribution in [3.63, 3.8) is 0 Å². The van der Waals surface area contributed by atoms with Crippen LogP contribution in [-0.4, -0.2) is 99.6 Å². The van der Waals surface area contributed by atoms with Crippen LogP contribution in [0, 0.1) is 0 Å². The minimum Gasteiger partial charge on any atom is -0.454 e. The number of amides is 1. The second kappa shape index (κ2) is 60.9. The van der Waals surface area contributed by atoms with E-state index in [4.69, 9.17) is 14.2 Å². The van der Waals surface area contributed by atoms with Crippen LogP contribution in [-0.2, 0) is 23.8 Å². The maximum Gasteiger partial charge on any atom is 0.306 e. The van der Waals surface area contributed by atoms with E-state index in [-0.39, 0.29) is 13.0 Å². The van der Waals surface area contributed by atoms with Gasteiger partial charge in [-0.3, -0.25) is 9.59 Å². The standard InChI is InChI=1S/C73H135NO10/c1-4-7-10-13-16-19-22-25-27-29-30-31-32-33-34-35-36-37-39-40-42-45-48-51-54-57-60-66(77)72(81)74-64(65(76)59-56-53-50-47-44-24-21-18-15-12-9-6-3)63-82-73-71(70(80)69(79)67(62-75)83-73)84-68(78)61-58-55-52-49-46-43-41-38-28-26-23-20-17-14-11-8-5-2/h17,20,26,28,41,43,56,59,64-67,69-71,73,75-77,79-80H,4-16,18-19,21-25,27,29-40,42,44-55,57-58,60-63H2,1-3H3,(H,74,81)/b20-17-,28-26-,43-41-,59-56+. The molecule has 0 bridgehead atoms. The second-order valence-electron chi connectivity index (χ2n) is 25.0. The fraction of sp³-hybridized carbons (Fsp3) is 0.863. The predicted octanol–water partition coefficient (Wildman–Crippen LogP) is 18.3. The third kappa shape index (κ3) is 47.7. The maximum absolute atomic E-state index is 13.5. The largest absolute Gasteiger partial charge is 0.454 e.